The number of hydrogen-bond donors (Lipinski definition) is 1. The highest BCUT2D eigenvalue weighted by atomic mass is 16.1. The Morgan fingerprint density at radius 2 is 2.36 bits per heavy atom. The molecule has 1 N–H and O–H groups in total. The summed E-state index contributed by atoms with van der Waals surface area (Å²) in [5.74, 6) is 0. The molecule has 0 radical (unpaired) electrons. The fourth-order valence-electron chi connectivity index (χ4n) is 0.804. The van der Waals surface area contributed by atoms with Crippen molar-refractivity contribution in [1.82, 2.24) is 20.2 Å². The van der Waals surface area contributed by atoms with Crippen LogP contribution in [0.3, 0.4) is 0 Å². The molecule has 11 heavy (non-hydrogen) atoms. The van der Waals surface area contributed by atoms with Crippen LogP contribution in [0.15, 0.2) is 23.3 Å². The number of aromatic nitrogens is 4. The van der Waals surface area contributed by atoms with Gasteiger partial charge in [-0.05, 0) is 6.07 Å². The Kier molecular flexibility index (Phi) is 1.15. The molecule has 54 valence electrons. The van der Waals surface area contributed by atoms with Crippen LogP contribution in [-0.4, -0.2) is 20.2 Å². The van der Waals surface area contributed by atoms with Crippen LogP contribution in [0.1, 0.15) is 0 Å². The van der Waals surface area contributed by atoms with Crippen molar-refractivity contribution in [1.29, 1.82) is 0 Å². The summed E-state index contributed by atoms with van der Waals surface area (Å²) in [6.07, 6.45) is 3.01. The minimum atomic E-state index is -0.405. The van der Waals surface area contributed by atoms with Gasteiger partial charge in [0.05, 0.1) is 6.20 Å². The van der Waals surface area contributed by atoms with Crippen molar-refractivity contribution in [2.45, 2.75) is 0 Å². The summed E-state index contributed by atoms with van der Waals surface area (Å²) in [6, 6.07) is 1.73. The lowest BCUT2D eigenvalue weighted by Gasteiger charge is -1.90. The van der Waals surface area contributed by atoms with E-state index < -0.39 is 5.69 Å². The molecule has 2 aromatic rings. The zero-order valence-electron chi connectivity index (χ0n) is 5.48. The average Bonchev–Trinajstić information content (AvgIpc) is 2.04. The first-order valence-corrected chi connectivity index (χ1v) is 3.03. The summed E-state index contributed by atoms with van der Waals surface area (Å²) in [6.45, 7) is 0. The Morgan fingerprint density at radius 3 is 3.27 bits per heavy atom. The van der Waals surface area contributed by atoms with Gasteiger partial charge in [0.2, 0.25) is 0 Å². The molecule has 0 saturated carbocycles. The number of nitrogens with zero attached hydrogens (tertiary/aromatic N) is 3. The Labute approximate surface area is 61.1 Å². The molecule has 0 unspecified atom stereocenters. The van der Waals surface area contributed by atoms with E-state index in [1.165, 1.54) is 6.20 Å². The topological polar surface area (TPSA) is 71.5 Å². The molecule has 0 aliphatic heterocycles. The maximum Gasteiger partial charge on any atom is 0.346 e. The number of hydrogen-bond acceptors (Lipinski definition) is 4. The van der Waals surface area contributed by atoms with E-state index >= 15 is 0 Å². The van der Waals surface area contributed by atoms with E-state index in [-0.39, 0.29) is 0 Å². The predicted octanol–water partition coefficient (Wildman–Crippen LogP) is -0.287. The molecule has 0 saturated heterocycles. The fourth-order valence-corrected chi connectivity index (χ4v) is 0.804. The molecule has 0 aliphatic carbocycles. The third-order valence-electron chi connectivity index (χ3n) is 1.30. The first-order chi connectivity index (χ1) is 5.36. The summed E-state index contributed by atoms with van der Waals surface area (Å²) in [5, 5.41) is 8.08. The molecule has 5 heteroatoms. The SMILES string of the molecule is O=c1ncc2ccnnc2[nH]1. The Hall–Kier alpha value is -1.78. The van der Waals surface area contributed by atoms with E-state index in [9.17, 15) is 4.79 Å². The van der Waals surface area contributed by atoms with Gasteiger partial charge >= 0.3 is 5.69 Å². The van der Waals surface area contributed by atoms with Gasteiger partial charge in [0.25, 0.3) is 0 Å². The summed E-state index contributed by atoms with van der Waals surface area (Å²) < 4.78 is 0. The van der Waals surface area contributed by atoms with Crippen molar-refractivity contribution in [2.75, 3.05) is 0 Å². The van der Waals surface area contributed by atoms with Crippen LogP contribution in [0.5, 0.6) is 0 Å². The van der Waals surface area contributed by atoms with E-state index in [0.29, 0.717) is 5.65 Å². The van der Waals surface area contributed by atoms with Crippen molar-refractivity contribution < 1.29 is 0 Å². The third-order valence-corrected chi connectivity index (χ3v) is 1.30. The molecule has 0 fully saturated rings. The van der Waals surface area contributed by atoms with Gasteiger partial charge in [-0.3, -0.25) is 4.98 Å². The van der Waals surface area contributed by atoms with Gasteiger partial charge < -0.3 is 0 Å². The van der Waals surface area contributed by atoms with Crippen molar-refractivity contribution >= 4 is 11.0 Å². The Balaban J connectivity index is 2.94. The van der Waals surface area contributed by atoms with Crippen molar-refractivity contribution in [2.24, 2.45) is 0 Å². The van der Waals surface area contributed by atoms with E-state index in [0.717, 1.165) is 5.39 Å². The van der Waals surface area contributed by atoms with Gasteiger partial charge in [0, 0.05) is 11.6 Å². The quantitative estimate of drug-likeness (QED) is 0.557. The van der Waals surface area contributed by atoms with E-state index in [1.807, 2.05) is 0 Å². The lowest BCUT2D eigenvalue weighted by Crippen LogP contribution is -2.09. The lowest BCUT2D eigenvalue weighted by atomic mass is 10.4. The van der Waals surface area contributed by atoms with Crippen LogP contribution in [-0.2, 0) is 0 Å². The highest BCUT2D eigenvalue weighted by Gasteiger charge is 1.93. The average molecular weight is 148 g/mol. The van der Waals surface area contributed by atoms with Crippen LogP contribution in [0.2, 0.25) is 0 Å². The molecule has 0 aromatic carbocycles. The van der Waals surface area contributed by atoms with Gasteiger partial charge in [-0.25, -0.2) is 9.78 Å². The van der Waals surface area contributed by atoms with Crippen molar-refractivity contribution in [3.8, 4) is 0 Å². The highest BCUT2D eigenvalue weighted by molar-refractivity contribution is 5.71. The molecule has 0 aliphatic rings. The van der Waals surface area contributed by atoms with Crippen LogP contribution >= 0.6 is 0 Å². The second kappa shape index (κ2) is 2.12. The number of rotatable bonds is 0. The molecule has 5 nitrogen and oxygen atoms in total. The van der Waals surface area contributed by atoms with Crippen LogP contribution in [0.4, 0.5) is 0 Å². The smallest absolute Gasteiger partial charge is 0.288 e. The summed E-state index contributed by atoms with van der Waals surface area (Å²) >= 11 is 0. The second-order valence-corrected chi connectivity index (χ2v) is 2.02. The fraction of sp³-hybridized carbons (Fsp3) is 0. The Bertz CT molecular complexity index is 436. The first kappa shape index (κ1) is 5.96. The maximum absolute atomic E-state index is 10.6. The van der Waals surface area contributed by atoms with E-state index in [2.05, 4.69) is 20.2 Å². The molecule has 0 amide bonds. The van der Waals surface area contributed by atoms with E-state index in [4.69, 9.17) is 0 Å². The second-order valence-electron chi connectivity index (χ2n) is 2.02. The number of fused-ring (bicyclic) bond motifs is 1. The molecule has 2 aromatic heterocycles. The third kappa shape index (κ3) is 0.958. The van der Waals surface area contributed by atoms with Gasteiger partial charge in [0.15, 0.2) is 5.65 Å². The molecule has 2 heterocycles. The summed E-state index contributed by atoms with van der Waals surface area (Å²) in [7, 11) is 0. The van der Waals surface area contributed by atoms with Crippen molar-refractivity contribution in [3.63, 3.8) is 0 Å². The van der Waals surface area contributed by atoms with E-state index in [1.54, 1.807) is 12.3 Å². The minimum Gasteiger partial charge on any atom is -0.288 e. The molecule has 0 atom stereocenters. The zero-order chi connectivity index (χ0) is 7.68. The van der Waals surface area contributed by atoms with Crippen LogP contribution in [0.25, 0.3) is 11.0 Å². The zero-order valence-corrected chi connectivity index (χ0v) is 5.48. The molecule has 2 rings (SSSR count). The number of H-pyrrole nitrogens is 1. The molecular formula is C6H4N4O. The largest absolute Gasteiger partial charge is 0.346 e. The maximum atomic E-state index is 10.6. The monoisotopic (exact) mass is 148 g/mol. The van der Waals surface area contributed by atoms with Gasteiger partial charge in [-0.15, -0.1) is 5.10 Å². The summed E-state index contributed by atoms with van der Waals surface area (Å²) in [5.41, 5.74) is 0.0606. The Morgan fingerprint density at radius 1 is 1.45 bits per heavy atom. The standard InChI is InChI=1S/C6H4N4O/c11-6-7-3-4-1-2-8-10-5(4)9-6/h1-3H,(H,7,9,10,11). The number of aromatic amines is 1. The highest BCUT2D eigenvalue weighted by Crippen LogP contribution is 1.99. The van der Waals surface area contributed by atoms with Crippen LogP contribution < -0.4 is 5.69 Å². The first-order valence-electron chi connectivity index (χ1n) is 3.03. The predicted molar refractivity (Wildman–Crippen MR) is 38.0 cm³/mol. The van der Waals surface area contributed by atoms with Gasteiger partial charge in [-0.1, -0.05) is 0 Å². The van der Waals surface area contributed by atoms with Crippen molar-refractivity contribution in [3.05, 3.63) is 28.9 Å². The van der Waals surface area contributed by atoms with Gasteiger partial charge in [-0.2, -0.15) is 5.10 Å². The lowest BCUT2D eigenvalue weighted by molar-refractivity contribution is 1.01. The molecule has 0 spiro atoms. The normalized spacial score (nSPS) is 10.2. The molecular weight excluding hydrogens is 144 g/mol. The van der Waals surface area contributed by atoms with Gasteiger partial charge in [0.1, 0.15) is 0 Å². The minimum absolute atomic E-state index is 0.405. The molecule has 0 bridgehead atoms. The summed E-state index contributed by atoms with van der Waals surface area (Å²) in [4.78, 5) is 16.6. The van der Waals surface area contributed by atoms with Crippen LogP contribution in [0, 0.1) is 0 Å². The number of nitrogens with one attached hydrogen (secondary N) is 1.